The Morgan fingerprint density at radius 3 is 2.27 bits per heavy atom. The van der Waals surface area contributed by atoms with Crippen LogP contribution in [0.5, 0.6) is 0 Å². The van der Waals surface area contributed by atoms with Crippen LogP contribution in [0.25, 0.3) is 0 Å². The first-order valence-electron chi connectivity index (χ1n) is 9.92. The Hall–Kier alpha value is -2.23. The number of carbonyl (C=O) groups is 3. The van der Waals surface area contributed by atoms with Gasteiger partial charge in [0.2, 0.25) is 0 Å². The van der Waals surface area contributed by atoms with Crippen LogP contribution >= 0.6 is 22.7 Å². The van der Waals surface area contributed by atoms with Crippen molar-refractivity contribution in [2.75, 3.05) is 13.7 Å². The monoisotopic (exact) mass is 451 g/mol. The fourth-order valence-electron chi connectivity index (χ4n) is 3.05. The summed E-state index contributed by atoms with van der Waals surface area (Å²) in [6, 6.07) is 7.52. The molecule has 0 saturated heterocycles. The van der Waals surface area contributed by atoms with Crippen molar-refractivity contribution >= 4 is 41.0 Å². The lowest BCUT2D eigenvalue weighted by Crippen LogP contribution is -2.63. The summed E-state index contributed by atoms with van der Waals surface area (Å²) in [6.45, 7) is 3.27. The predicted octanol–water partition coefficient (Wildman–Crippen LogP) is 3.76. The Bertz CT molecular complexity index is 744. The van der Waals surface area contributed by atoms with Gasteiger partial charge in [0.1, 0.15) is 0 Å². The smallest absolute Gasteiger partial charge is 0.316 e. The number of esters is 1. The topological polar surface area (TPSA) is 87.7 Å². The number of thiophene rings is 2. The zero-order valence-electron chi connectivity index (χ0n) is 17.4. The van der Waals surface area contributed by atoms with Crippen molar-refractivity contribution in [3.63, 3.8) is 0 Å². The number of methoxy groups -OCH3 is 1. The normalized spacial score (nSPS) is 12.9. The van der Waals surface area contributed by atoms with Crippen molar-refractivity contribution in [2.45, 2.75) is 51.4 Å². The molecule has 2 rings (SSSR count). The summed E-state index contributed by atoms with van der Waals surface area (Å²) in [5.74, 6) is -0.403. The zero-order valence-corrected chi connectivity index (χ0v) is 19.0. The number of amides is 2. The van der Waals surface area contributed by atoms with Crippen LogP contribution in [0, 0.1) is 0 Å². The number of nitrogens with zero attached hydrogens (tertiary/aromatic N) is 1. The summed E-state index contributed by atoms with van der Waals surface area (Å²) in [6.07, 6.45) is 3.08. The average Bonchev–Trinajstić information content (AvgIpc) is 3.45. The summed E-state index contributed by atoms with van der Waals surface area (Å²) in [7, 11) is 1.30. The summed E-state index contributed by atoms with van der Waals surface area (Å²) in [5, 5.41) is 9.55. The van der Waals surface area contributed by atoms with Gasteiger partial charge in [-0.05, 0) is 35.7 Å². The minimum atomic E-state index is -1.15. The molecule has 0 unspecified atom stereocenters. The number of hydrogen-bond donors (Lipinski definition) is 2. The van der Waals surface area contributed by atoms with Crippen LogP contribution in [0.2, 0.25) is 0 Å². The van der Waals surface area contributed by atoms with Gasteiger partial charge < -0.3 is 15.4 Å². The maximum Gasteiger partial charge on any atom is 0.316 e. The van der Waals surface area contributed by atoms with Gasteiger partial charge in [0.25, 0.3) is 0 Å². The summed E-state index contributed by atoms with van der Waals surface area (Å²) >= 11 is 3.24. The van der Waals surface area contributed by atoms with E-state index in [9.17, 15) is 14.4 Å². The Morgan fingerprint density at radius 2 is 1.80 bits per heavy atom. The molecule has 2 aromatic rings. The fraction of sp³-hybridized carbons (Fsp3) is 0.476. The molecule has 0 saturated carbocycles. The molecular weight excluding hydrogens is 422 g/mol. The van der Waals surface area contributed by atoms with Crippen molar-refractivity contribution in [1.82, 2.24) is 15.5 Å². The van der Waals surface area contributed by atoms with Gasteiger partial charge in [-0.25, -0.2) is 4.79 Å². The molecule has 164 valence electrons. The lowest BCUT2D eigenvalue weighted by molar-refractivity contribution is -0.140. The number of urea groups is 1. The number of nitrogens with one attached hydrogen (secondary N) is 2. The first-order valence-corrected chi connectivity index (χ1v) is 11.7. The van der Waals surface area contributed by atoms with E-state index < -0.39 is 17.7 Å². The van der Waals surface area contributed by atoms with Crippen molar-refractivity contribution < 1.29 is 19.1 Å². The largest absolute Gasteiger partial charge is 0.469 e. The molecule has 0 bridgehead atoms. The lowest BCUT2D eigenvalue weighted by Gasteiger charge is -2.40. The summed E-state index contributed by atoms with van der Waals surface area (Å²) < 4.78 is 4.59. The van der Waals surface area contributed by atoms with Gasteiger partial charge in [-0.3, -0.25) is 14.5 Å². The molecule has 30 heavy (non-hydrogen) atoms. The van der Waals surface area contributed by atoms with E-state index in [4.69, 9.17) is 0 Å². The zero-order chi connectivity index (χ0) is 21.8. The minimum absolute atomic E-state index is 0.0705. The number of unbranched alkanes of at least 4 members (excludes halogenated alkanes) is 1. The van der Waals surface area contributed by atoms with Crippen LogP contribution in [-0.4, -0.2) is 42.5 Å². The second-order valence-corrected chi connectivity index (χ2v) is 8.93. The molecule has 0 aliphatic rings. The van der Waals surface area contributed by atoms with Crippen molar-refractivity contribution in [1.29, 1.82) is 0 Å². The Morgan fingerprint density at radius 1 is 1.17 bits per heavy atom. The SMILES string of the molecule is CCCC[C@](C=O)(NC(=O)NCCC(=O)OC)N(Cc1cccs1)Cc1cccs1. The number of rotatable bonds is 13. The first-order chi connectivity index (χ1) is 14.5. The molecule has 9 heteroatoms. The maximum absolute atomic E-state index is 12.6. The van der Waals surface area contributed by atoms with E-state index >= 15 is 0 Å². The van der Waals surface area contributed by atoms with Gasteiger partial charge >= 0.3 is 12.0 Å². The molecule has 1 atom stereocenters. The van der Waals surface area contributed by atoms with Gasteiger partial charge in [-0.1, -0.05) is 25.5 Å². The highest BCUT2D eigenvalue weighted by Gasteiger charge is 2.38. The molecule has 2 N–H and O–H groups in total. The molecule has 2 heterocycles. The van der Waals surface area contributed by atoms with Crippen LogP contribution in [0.4, 0.5) is 4.79 Å². The molecule has 2 aromatic heterocycles. The standard InChI is InChI=1S/C21H29N3O4S2/c1-3-4-10-21(16-25,23-20(27)22-11-9-19(26)28-2)24(14-17-7-5-12-29-17)15-18-8-6-13-30-18/h5-8,12-13,16H,3-4,9-11,14-15H2,1-2H3,(H2,22,23,27)/t21-/m0/s1. The van der Waals surface area contributed by atoms with Crippen LogP contribution in [-0.2, 0) is 27.4 Å². The molecule has 0 aliphatic carbocycles. The Labute approximate surface area is 185 Å². The quantitative estimate of drug-likeness (QED) is 0.275. The molecule has 0 fully saturated rings. The van der Waals surface area contributed by atoms with Gasteiger partial charge in [-0.2, -0.15) is 0 Å². The molecular formula is C21H29N3O4S2. The second-order valence-electron chi connectivity index (χ2n) is 6.87. The Kier molecular flexibility index (Phi) is 9.99. The number of hydrogen-bond acceptors (Lipinski definition) is 7. The van der Waals surface area contributed by atoms with Crippen molar-refractivity contribution in [3.05, 3.63) is 44.8 Å². The third-order valence-corrected chi connectivity index (χ3v) is 6.42. The van der Waals surface area contributed by atoms with Crippen LogP contribution < -0.4 is 10.6 Å². The maximum atomic E-state index is 12.6. The van der Waals surface area contributed by atoms with Crippen molar-refractivity contribution in [3.8, 4) is 0 Å². The van der Waals surface area contributed by atoms with E-state index in [0.29, 0.717) is 19.5 Å². The van der Waals surface area contributed by atoms with Gasteiger partial charge in [-0.15, -0.1) is 22.7 Å². The first kappa shape index (κ1) is 24.0. The Balaban J connectivity index is 2.22. The molecule has 2 amide bonds. The van der Waals surface area contributed by atoms with E-state index in [1.807, 2.05) is 39.9 Å². The molecule has 0 radical (unpaired) electrons. The average molecular weight is 452 g/mol. The van der Waals surface area contributed by atoms with Gasteiger partial charge in [0.05, 0.1) is 13.5 Å². The molecule has 0 spiro atoms. The summed E-state index contributed by atoms with van der Waals surface area (Å²) in [5.41, 5.74) is -1.15. The van der Waals surface area contributed by atoms with Crippen LogP contribution in [0.15, 0.2) is 35.0 Å². The van der Waals surface area contributed by atoms with E-state index in [1.54, 1.807) is 22.7 Å². The number of ether oxygens (including phenoxy) is 1. The highest BCUT2D eigenvalue weighted by atomic mass is 32.1. The van der Waals surface area contributed by atoms with E-state index in [2.05, 4.69) is 22.3 Å². The second kappa shape index (κ2) is 12.5. The number of aldehydes is 1. The lowest BCUT2D eigenvalue weighted by atomic mass is 10.0. The fourth-order valence-corrected chi connectivity index (χ4v) is 4.49. The molecule has 7 nitrogen and oxygen atoms in total. The van der Waals surface area contributed by atoms with E-state index in [-0.39, 0.29) is 13.0 Å². The minimum Gasteiger partial charge on any atom is -0.469 e. The highest BCUT2D eigenvalue weighted by molar-refractivity contribution is 7.10. The molecule has 0 aliphatic heterocycles. The predicted molar refractivity (Wildman–Crippen MR) is 119 cm³/mol. The van der Waals surface area contributed by atoms with Gasteiger partial charge in [0, 0.05) is 29.4 Å². The molecule has 0 aromatic carbocycles. The van der Waals surface area contributed by atoms with Crippen LogP contribution in [0.1, 0.15) is 42.4 Å². The third kappa shape index (κ3) is 7.23. The van der Waals surface area contributed by atoms with Gasteiger partial charge in [0.15, 0.2) is 11.9 Å². The number of carbonyl (C=O) groups excluding carboxylic acids is 3. The van der Waals surface area contributed by atoms with Crippen molar-refractivity contribution in [2.24, 2.45) is 0 Å². The van der Waals surface area contributed by atoms with E-state index in [1.165, 1.54) is 7.11 Å². The highest BCUT2D eigenvalue weighted by Crippen LogP contribution is 2.26. The van der Waals surface area contributed by atoms with Crippen LogP contribution in [0.3, 0.4) is 0 Å². The van der Waals surface area contributed by atoms with E-state index in [0.717, 1.165) is 28.9 Å². The third-order valence-electron chi connectivity index (χ3n) is 4.70. The summed E-state index contributed by atoms with van der Waals surface area (Å²) in [4.78, 5) is 40.6.